The monoisotopic (exact) mass is 238 g/mol. The number of rotatable bonds is 3. The second kappa shape index (κ2) is 5.29. The number of piperazine rings is 1. The topological polar surface area (TPSA) is 72.5 Å². The molecule has 0 aliphatic carbocycles. The van der Waals surface area contributed by atoms with Crippen LogP contribution in [-0.4, -0.2) is 63.3 Å². The molecule has 2 N–H and O–H groups in total. The van der Waals surface area contributed by atoms with Crippen LogP contribution in [0, 0.1) is 0 Å². The molecular weight excluding hydrogens is 220 g/mol. The summed E-state index contributed by atoms with van der Waals surface area (Å²) < 4.78 is 0. The van der Waals surface area contributed by atoms with E-state index in [1.54, 1.807) is 11.1 Å². The van der Waals surface area contributed by atoms with Crippen molar-refractivity contribution in [1.29, 1.82) is 0 Å². The minimum absolute atomic E-state index is 0.175. The van der Waals surface area contributed by atoms with Crippen molar-refractivity contribution in [2.24, 2.45) is 0 Å². The van der Waals surface area contributed by atoms with E-state index in [-0.39, 0.29) is 5.91 Å². The number of hydrogen-bond donors (Lipinski definition) is 2. The summed E-state index contributed by atoms with van der Waals surface area (Å²) in [5.74, 6) is -0.175. The summed E-state index contributed by atoms with van der Waals surface area (Å²) in [5, 5.41) is 16.1. The van der Waals surface area contributed by atoms with E-state index >= 15 is 0 Å². The van der Waals surface area contributed by atoms with Crippen molar-refractivity contribution in [3.63, 3.8) is 0 Å². The van der Waals surface area contributed by atoms with Crippen molar-refractivity contribution >= 4 is 5.91 Å². The van der Waals surface area contributed by atoms with Gasteiger partial charge in [0.25, 0.3) is 5.91 Å². The summed E-state index contributed by atoms with van der Waals surface area (Å²) in [6.07, 6.45) is 0.844. The average Bonchev–Trinajstić information content (AvgIpc) is 2.82. The molecule has 94 valence electrons. The zero-order valence-electron chi connectivity index (χ0n) is 9.96. The van der Waals surface area contributed by atoms with Crippen molar-refractivity contribution < 1.29 is 9.90 Å². The van der Waals surface area contributed by atoms with Gasteiger partial charge in [-0.1, -0.05) is 0 Å². The molecule has 0 saturated carbocycles. The van der Waals surface area contributed by atoms with Gasteiger partial charge in [-0.15, -0.1) is 0 Å². The van der Waals surface area contributed by atoms with Gasteiger partial charge in [-0.05, 0) is 13.0 Å². The molecule has 1 aromatic heterocycles. The lowest BCUT2D eigenvalue weighted by molar-refractivity contribution is -0.141. The third-order valence-corrected chi connectivity index (χ3v) is 2.99. The second-order valence-electron chi connectivity index (χ2n) is 4.36. The van der Waals surface area contributed by atoms with Crippen molar-refractivity contribution in [3.8, 4) is 0 Å². The molecule has 1 aliphatic rings. The summed E-state index contributed by atoms with van der Waals surface area (Å²) >= 11 is 0. The summed E-state index contributed by atoms with van der Waals surface area (Å²) in [6.45, 7) is 5.36. The van der Waals surface area contributed by atoms with E-state index in [0.29, 0.717) is 13.1 Å². The van der Waals surface area contributed by atoms with E-state index in [1.165, 1.54) is 6.92 Å². The van der Waals surface area contributed by atoms with Crippen LogP contribution in [0.3, 0.4) is 0 Å². The molecule has 1 fully saturated rings. The normalized spacial score (nSPS) is 19.3. The van der Waals surface area contributed by atoms with Crippen LogP contribution < -0.4 is 0 Å². The number of aromatic amines is 1. The van der Waals surface area contributed by atoms with Crippen LogP contribution in [0.1, 0.15) is 12.6 Å². The van der Waals surface area contributed by atoms with Gasteiger partial charge in [-0.2, -0.15) is 5.10 Å². The molecule has 0 spiro atoms. The summed E-state index contributed by atoms with van der Waals surface area (Å²) in [5.41, 5.74) is 1.08. The minimum atomic E-state index is -0.894. The maximum absolute atomic E-state index is 11.6. The van der Waals surface area contributed by atoms with Crippen molar-refractivity contribution in [3.05, 3.63) is 18.0 Å². The first-order valence-corrected chi connectivity index (χ1v) is 5.84. The molecule has 1 atom stereocenters. The number of nitrogens with one attached hydrogen (secondary N) is 1. The zero-order valence-corrected chi connectivity index (χ0v) is 9.96. The Morgan fingerprint density at radius 2 is 2.24 bits per heavy atom. The maximum atomic E-state index is 11.6. The van der Waals surface area contributed by atoms with E-state index in [9.17, 15) is 9.90 Å². The molecule has 1 unspecified atom stereocenters. The van der Waals surface area contributed by atoms with E-state index in [2.05, 4.69) is 15.1 Å². The molecular formula is C11H18N4O2. The number of carbonyl (C=O) groups is 1. The van der Waals surface area contributed by atoms with Gasteiger partial charge in [0.15, 0.2) is 0 Å². The molecule has 0 aromatic carbocycles. The molecule has 1 amide bonds. The summed E-state index contributed by atoms with van der Waals surface area (Å²) in [7, 11) is 0. The third kappa shape index (κ3) is 3.04. The molecule has 6 nitrogen and oxygen atoms in total. The Kier molecular flexibility index (Phi) is 3.75. The van der Waals surface area contributed by atoms with Crippen molar-refractivity contribution in [1.82, 2.24) is 20.0 Å². The largest absolute Gasteiger partial charge is 0.384 e. The zero-order chi connectivity index (χ0) is 12.3. The van der Waals surface area contributed by atoms with Gasteiger partial charge in [0.05, 0.1) is 0 Å². The molecule has 1 saturated heterocycles. The Bertz CT molecular complexity index is 356. The Labute approximate surface area is 100 Å². The number of hydrogen-bond acceptors (Lipinski definition) is 4. The molecule has 0 radical (unpaired) electrons. The molecule has 2 rings (SSSR count). The lowest BCUT2D eigenvalue weighted by atomic mass is 10.2. The van der Waals surface area contributed by atoms with Gasteiger partial charge in [0, 0.05) is 44.6 Å². The fourth-order valence-electron chi connectivity index (χ4n) is 2.00. The minimum Gasteiger partial charge on any atom is -0.384 e. The first-order valence-electron chi connectivity index (χ1n) is 5.84. The Hall–Kier alpha value is -1.40. The SMILES string of the molecule is CC(O)C(=O)N1CCN(Cc2ccn[nH]2)CC1. The van der Waals surface area contributed by atoms with E-state index in [4.69, 9.17) is 0 Å². The van der Waals surface area contributed by atoms with Crippen LogP contribution in [-0.2, 0) is 11.3 Å². The van der Waals surface area contributed by atoms with Crippen LogP contribution in [0.25, 0.3) is 0 Å². The number of nitrogens with zero attached hydrogens (tertiary/aromatic N) is 3. The van der Waals surface area contributed by atoms with Crippen molar-refractivity contribution in [2.75, 3.05) is 26.2 Å². The smallest absolute Gasteiger partial charge is 0.251 e. The van der Waals surface area contributed by atoms with Gasteiger partial charge in [0.1, 0.15) is 6.10 Å². The lowest BCUT2D eigenvalue weighted by Crippen LogP contribution is -2.50. The Morgan fingerprint density at radius 1 is 1.53 bits per heavy atom. The highest BCUT2D eigenvalue weighted by atomic mass is 16.3. The fraction of sp³-hybridized carbons (Fsp3) is 0.636. The molecule has 0 bridgehead atoms. The van der Waals surface area contributed by atoms with Crippen LogP contribution in [0.5, 0.6) is 0 Å². The van der Waals surface area contributed by atoms with E-state index in [0.717, 1.165) is 25.3 Å². The number of carbonyl (C=O) groups excluding carboxylic acids is 1. The highest BCUT2D eigenvalue weighted by Crippen LogP contribution is 2.07. The van der Waals surface area contributed by atoms with Crippen LogP contribution in [0.15, 0.2) is 12.3 Å². The van der Waals surface area contributed by atoms with E-state index < -0.39 is 6.10 Å². The summed E-state index contributed by atoms with van der Waals surface area (Å²) in [4.78, 5) is 15.5. The van der Waals surface area contributed by atoms with E-state index in [1.807, 2.05) is 6.07 Å². The van der Waals surface area contributed by atoms with Gasteiger partial charge in [-0.25, -0.2) is 0 Å². The average molecular weight is 238 g/mol. The highest BCUT2D eigenvalue weighted by Gasteiger charge is 2.23. The van der Waals surface area contributed by atoms with Crippen LogP contribution >= 0.6 is 0 Å². The highest BCUT2D eigenvalue weighted by molar-refractivity contribution is 5.80. The molecule has 1 aromatic rings. The molecule has 6 heteroatoms. The van der Waals surface area contributed by atoms with Crippen LogP contribution in [0.4, 0.5) is 0 Å². The van der Waals surface area contributed by atoms with Gasteiger partial charge in [-0.3, -0.25) is 14.8 Å². The molecule has 17 heavy (non-hydrogen) atoms. The Balaban J connectivity index is 1.80. The third-order valence-electron chi connectivity index (χ3n) is 2.99. The number of aliphatic hydroxyl groups is 1. The first-order chi connectivity index (χ1) is 8.16. The van der Waals surface area contributed by atoms with Crippen LogP contribution in [0.2, 0.25) is 0 Å². The lowest BCUT2D eigenvalue weighted by Gasteiger charge is -2.35. The number of amides is 1. The van der Waals surface area contributed by atoms with Gasteiger partial charge >= 0.3 is 0 Å². The van der Waals surface area contributed by atoms with Gasteiger partial charge < -0.3 is 10.0 Å². The standard InChI is InChI=1S/C11H18N4O2/c1-9(16)11(17)15-6-4-14(5-7-15)8-10-2-3-12-13-10/h2-3,9,16H,4-8H2,1H3,(H,12,13). The molecule has 2 heterocycles. The van der Waals surface area contributed by atoms with Gasteiger partial charge in [0.2, 0.25) is 0 Å². The predicted octanol–water partition coefficient (Wildman–Crippen LogP) is -0.565. The second-order valence-corrected chi connectivity index (χ2v) is 4.36. The number of H-pyrrole nitrogens is 1. The Morgan fingerprint density at radius 3 is 2.76 bits per heavy atom. The number of aromatic nitrogens is 2. The quantitative estimate of drug-likeness (QED) is 0.740. The number of aliphatic hydroxyl groups excluding tert-OH is 1. The maximum Gasteiger partial charge on any atom is 0.251 e. The summed E-state index contributed by atoms with van der Waals surface area (Å²) in [6, 6.07) is 1.95. The predicted molar refractivity (Wildman–Crippen MR) is 62.1 cm³/mol. The fourth-order valence-corrected chi connectivity index (χ4v) is 2.00. The van der Waals surface area contributed by atoms with Crippen molar-refractivity contribution in [2.45, 2.75) is 19.6 Å². The molecule has 1 aliphatic heterocycles. The first kappa shape index (κ1) is 12.1.